The molecule has 4 rings (SSSR count). The molecule has 0 aliphatic heterocycles. The molecular weight excluding hydrogens is 424 g/mol. The van der Waals surface area contributed by atoms with Crippen LogP contribution in [0.25, 0.3) is 11.0 Å². The lowest BCUT2D eigenvalue weighted by molar-refractivity contribution is -0.384. The number of hydrogen-bond acceptors (Lipinski definition) is 6. The molecule has 0 saturated carbocycles. The Labute approximate surface area is 176 Å². The van der Waals surface area contributed by atoms with Crippen LogP contribution in [0.1, 0.15) is 5.56 Å². The van der Waals surface area contributed by atoms with Gasteiger partial charge in [0, 0.05) is 34.2 Å². The second kappa shape index (κ2) is 8.21. The van der Waals surface area contributed by atoms with Gasteiger partial charge in [-0.25, -0.2) is 0 Å². The number of anilines is 1. The summed E-state index contributed by atoms with van der Waals surface area (Å²) in [5.41, 5.74) is 1.90. The summed E-state index contributed by atoms with van der Waals surface area (Å²) in [4.78, 5) is 11.2. The van der Waals surface area contributed by atoms with Crippen molar-refractivity contribution in [2.24, 2.45) is 0 Å². The average Bonchev–Trinajstić information content (AvgIpc) is 3.18. The summed E-state index contributed by atoms with van der Waals surface area (Å²) in [6.07, 6.45) is 0. The number of fused-ring (bicyclic) bond motifs is 1. The minimum Gasteiger partial charge on any atom is -0.443 e. The number of rotatable bonds is 7. The fraction of sp³-hybridized carbons (Fsp3) is 0.0476. The Bertz CT molecular complexity index is 1280. The lowest BCUT2D eigenvalue weighted by Gasteiger charge is -2.08. The molecule has 4 aromatic rings. The van der Waals surface area contributed by atoms with E-state index in [-0.39, 0.29) is 10.8 Å². The Morgan fingerprint density at radius 1 is 0.967 bits per heavy atom. The molecule has 0 saturated heterocycles. The number of thioether (sulfide) groups is 1. The quantitative estimate of drug-likeness (QED) is 0.233. The number of benzene rings is 3. The highest BCUT2D eigenvalue weighted by atomic mass is 32.2. The number of hydrogen-bond donors (Lipinski definition) is 1. The summed E-state index contributed by atoms with van der Waals surface area (Å²) in [6.45, 7) is 0. The zero-order valence-electron chi connectivity index (χ0n) is 15.5. The van der Waals surface area contributed by atoms with E-state index in [0.717, 1.165) is 10.5 Å². The Morgan fingerprint density at radius 2 is 1.73 bits per heavy atom. The molecule has 0 unspecified atom stereocenters. The predicted molar refractivity (Wildman–Crippen MR) is 116 cm³/mol. The molecule has 0 radical (unpaired) electrons. The molecule has 1 aromatic heterocycles. The largest absolute Gasteiger partial charge is 0.443 e. The molecule has 1 heterocycles. The van der Waals surface area contributed by atoms with Crippen molar-refractivity contribution in [1.82, 2.24) is 0 Å². The summed E-state index contributed by atoms with van der Waals surface area (Å²) >= 11 is 1.50. The molecule has 152 valence electrons. The van der Waals surface area contributed by atoms with E-state index in [2.05, 4.69) is 4.72 Å². The Kier molecular flexibility index (Phi) is 5.47. The van der Waals surface area contributed by atoms with E-state index in [1.165, 1.54) is 30.0 Å². The molecular formula is C21H16N2O5S2. The Balaban J connectivity index is 1.46. The van der Waals surface area contributed by atoms with Gasteiger partial charge >= 0.3 is 0 Å². The molecule has 0 aliphatic carbocycles. The number of sulfonamides is 1. The van der Waals surface area contributed by atoms with E-state index in [0.29, 0.717) is 22.4 Å². The van der Waals surface area contributed by atoms with E-state index in [9.17, 15) is 18.5 Å². The van der Waals surface area contributed by atoms with E-state index in [4.69, 9.17) is 4.42 Å². The number of nitrogens with one attached hydrogen (secondary N) is 1. The first-order valence-corrected chi connectivity index (χ1v) is 11.4. The summed E-state index contributed by atoms with van der Waals surface area (Å²) in [7, 11) is -3.86. The monoisotopic (exact) mass is 440 g/mol. The van der Waals surface area contributed by atoms with Gasteiger partial charge in [0.1, 0.15) is 5.58 Å². The summed E-state index contributed by atoms with van der Waals surface area (Å²) in [6, 6.07) is 22.0. The highest BCUT2D eigenvalue weighted by Gasteiger charge is 2.19. The van der Waals surface area contributed by atoms with Gasteiger partial charge in [0.2, 0.25) is 5.09 Å². The minimum absolute atomic E-state index is 0.0470. The second-order valence-electron chi connectivity index (χ2n) is 6.45. The lowest BCUT2D eigenvalue weighted by Crippen LogP contribution is -2.12. The number of nitro groups is 1. The molecule has 0 amide bonds. The maximum Gasteiger partial charge on any atom is 0.295 e. The smallest absolute Gasteiger partial charge is 0.295 e. The molecule has 30 heavy (non-hydrogen) atoms. The maximum absolute atomic E-state index is 12.7. The summed E-state index contributed by atoms with van der Waals surface area (Å²) < 4.78 is 33.4. The minimum atomic E-state index is -3.86. The average molecular weight is 441 g/mol. The van der Waals surface area contributed by atoms with Gasteiger partial charge in [-0.2, -0.15) is 8.42 Å². The van der Waals surface area contributed by atoms with Crippen molar-refractivity contribution in [3.63, 3.8) is 0 Å². The number of nitrogens with zero attached hydrogens (tertiary/aromatic N) is 1. The third-order valence-corrected chi connectivity index (χ3v) is 6.61. The first kappa shape index (κ1) is 20.0. The molecule has 0 atom stereocenters. The zero-order chi connectivity index (χ0) is 21.1. The third kappa shape index (κ3) is 4.47. The van der Waals surface area contributed by atoms with Gasteiger partial charge in [0.05, 0.1) is 10.6 Å². The van der Waals surface area contributed by atoms with Crippen LogP contribution in [0.2, 0.25) is 0 Å². The van der Waals surface area contributed by atoms with Crippen LogP contribution in [0, 0.1) is 10.1 Å². The first-order chi connectivity index (χ1) is 14.4. The van der Waals surface area contributed by atoms with E-state index in [1.807, 2.05) is 12.1 Å². The zero-order valence-corrected chi connectivity index (χ0v) is 17.2. The number of furan rings is 1. The van der Waals surface area contributed by atoms with Crippen LogP contribution >= 0.6 is 11.8 Å². The van der Waals surface area contributed by atoms with Gasteiger partial charge in [0.25, 0.3) is 15.7 Å². The maximum atomic E-state index is 12.7. The predicted octanol–water partition coefficient (Wildman–Crippen LogP) is 5.43. The molecule has 0 spiro atoms. The van der Waals surface area contributed by atoms with Crippen molar-refractivity contribution < 1.29 is 17.8 Å². The Morgan fingerprint density at radius 3 is 2.47 bits per heavy atom. The van der Waals surface area contributed by atoms with Crippen LogP contribution in [0.4, 0.5) is 11.4 Å². The fourth-order valence-electron chi connectivity index (χ4n) is 2.83. The van der Waals surface area contributed by atoms with Crippen molar-refractivity contribution in [1.29, 1.82) is 0 Å². The number of nitro benzene ring substituents is 1. The number of non-ortho nitro benzene ring substituents is 1. The number of para-hydroxylation sites is 1. The van der Waals surface area contributed by atoms with Crippen LogP contribution < -0.4 is 4.72 Å². The molecule has 1 N–H and O–H groups in total. The lowest BCUT2D eigenvalue weighted by atomic mass is 10.2. The molecule has 0 fully saturated rings. The summed E-state index contributed by atoms with van der Waals surface area (Å²) in [5, 5.41) is 11.3. The first-order valence-electron chi connectivity index (χ1n) is 8.88. The van der Waals surface area contributed by atoms with Crippen LogP contribution in [0.5, 0.6) is 0 Å². The fourth-order valence-corrected chi connectivity index (χ4v) is 4.76. The molecule has 0 bridgehead atoms. The third-order valence-electron chi connectivity index (χ3n) is 4.31. The van der Waals surface area contributed by atoms with Crippen molar-refractivity contribution in [2.45, 2.75) is 15.7 Å². The van der Waals surface area contributed by atoms with Gasteiger partial charge in [-0.3, -0.25) is 14.8 Å². The topological polar surface area (TPSA) is 102 Å². The molecule has 0 aliphatic rings. The van der Waals surface area contributed by atoms with Crippen molar-refractivity contribution in [3.05, 3.63) is 94.5 Å². The van der Waals surface area contributed by atoms with Crippen molar-refractivity contribution >= 4 is 44.1 Å². The molecule has 7 nitrogen and oxygen atoms in total. The van der Waals surface area contributed by atoms with E-state index >= 15 is 0 Å². The van der Waals surface area contributed by atoms with E-state index in [1.54, 1.807) is 48.5 Å². The van der Waals surface area contributed by atoms with Crippen LogP contribution in [-0.4, -0.2) is 13.3 Å². The standard InChI is InChI=1S/C21H16N2O5S2/c24-23(25)18-10-8-15(9-11-18)14-29-19-6-3-5-17(13-19)22-30(26,27)21-12-16-4-1-2-7-20(16)28-21/h1-13,22H,14H2. The second-order valence-corrected chi connectivity index (χ2v) is 9.11. The Hall–Kier alpha value is -3.30. The van der Waals surface area contributed by atoms with Gasteiger partial charge in [-0.05, 0) is 29.8 Å². The van der Waals surface area contributed by atoms with E-state index < -0.39 is 14.9 Å². The normalized spacial score (nSPS) is 11.5. The van der Waals surface area contributed by atoms with Gasteiger partial charge < -0.3 is 4.42 Å². The van der Waals surface area contributed by atoms with Crippen LogP contribution in [0.15, 0.2) is 93.3 Å². The van der Waals surface area contributed by atoms with Gasteiger partial charge in [-0.1, -0.05) is 36.4 Å². The SMILES string of the molecule is O=[N+]([O-])c1ccc(CSc2cccc(NS(=O)(=O)c3cc4ccccc4o3)c2)cc1. The highest BCUT2D eigenvalue weighted by molar-refractivity contribution is 7.98. The molecule has 9 heteroatoms. The van der Waals surface area contributed by atoms with Crippen molar-refractivity contribution in [3.8, 4) is 0 Å². The molecule has 3 aromatic carbocycles. The van der Waals surface area contributed by atoms with Gasteiger partial charge in [0.15, 0.2) is 0 Å². The highest BCUT2D eigenvalue weighted by Crippen LogP contribution is 2.28. The summed E-state index contributed by atoms with van der Waals surface area (Å²) in [5.74, 6) is 0.595. The van der Waals surface area contributed by atoms with Crippen LogP contribution in [-0.2, 0) is 15.8 Å². The van der Waals surface area contributed by atoms with Crippen molar-refractivity contribution in [2.75, 3.05) is 4.72 Å². The van der Waals surface area contributed by atoms with Crippen LogP contribution in [0.3, 0.4) is 0 Å². The van der Waals surface area contributed by atoms with Gasteiger partial charge in [-0.15, -0.1) is 11.8 Å².